The summed E-state index contributed by atoms with van der Waals surface area (Å²) in [6.07, 6.45) is 1.52. The normalized spacial score (nSPS) is 15.3. The van der Waals surface area contributed by atoms with Crippen LogP contribution in [0.25, 0.3) is 0 Å². The Bertz CT molecular complexity index is 906. The third-order valence-electron chi connectivity index (χ3n) is 4.27. The van der Waals surface area contributed by atoms with E-state index >= 15 is 0 Å². The van der Waals surface area contributed by atoms with Crippen molar-refractivity contribution in [3.8, 4) is 0 Å². The fourth-order valence-corrected chi connectivity index (χ4v) is 4.42. The molecule has 1 aliphatic rings. The highest BCUT2D eigenvalue weighted by Gasteiger charge is 2.30. The molecule has 0 aliphatic carbocycles. The molecule has 1 aliphatic heterocycles. The van der Waals surface area contributed by atoms with E-state index in [0.717, 1.165) is 30.5 Å². The van der Waals surface area contributed by atoms with Crippen molar-refractivity contribution >= 4 is 21.6 Å². The number of halogens is 1. The number of anilines is 1. The van der Waals surface area contributed by atoms with E-state index in [0.29, 0.717) is 18.8 Å². The Morgan fingerprint density at radius 1 is 1.12 bits per heavy atom. The van der Waals surface area contributed by atoms with E-state index < -0.39 is 26.6 Å². The smallest absolute Gasteiger partial charge is 0.255 e. The van der Waals surface area contributed by atoms with Crippen LogP contribution in [-0.2, 0) is 10.0 Å². The Labute approximate surface area is 146 Å². The molecule has 0 unspecified atom stereocenters. The van der Waals surface area contributed by atoms with Crippen LogP contribution in [0.1, 0.15) is 28.8 Å². The number of carbonyl (C=O) groups is 1. The minimum absolute atomic E-state index is 0.0995. The van der Waals surface area contributed by atoms with Gasteiger partial charge in [-0.15, -0.1) is 0 Å². The van der Waals surface area contributed by atoms with E-state index in [-0.39, 0.29) is 5.56 Å². The van der Waals surface area contributed by atoms with Crippen LogP contribution < -0.4 is 5.32 Å². The lowest BCUT2D eigenvalue weighted by atomic mass is 10.1. The molecular formula is C18H19FN2O3S. The number of rotatable bonds is 4. The standard InChI is InChI=1S/C18H19FN2O3S/c1-13-6-2-3-7-16(13)20-18(22)14-8-9-15(19)17(12-14)25(23,24)21-10-4-5-11-21/h2-3,6-9,12H,4-5,10-11H2,1H3,(H,20,22). The molecular weight excluding hydrogens is 343 g/mol. The molecule has 25 heavy (non-hydrogen) atoms. The molecule has 2 aromatic rings. The highest BCUT2D eigenvalue weighted by atomic mass is 32.2. The van der Waals surface area contributed by atoms with E-state index in [2.05, 4.69) is 5.32 Å². The number of benzene rings is 2. The number of nitrogens with one attached hydrogen (secondary N) is 1. The predicted molar refractivity (Wildman–Crippen MR) is 93.5 cm³/mol. The zero-order valence-electron chi connectivity index (χ0n) is 13.8. The number of carbonyl (C=O) groups excluding carboxylic acids is 1. The van der Waals surface area contributed by atoms with E-state index in [1.165, 1.54) is 10.4 Å². The van der Waals surface area contributed by atoms with Gasteiger partial charge in [0.2, 0.25) is 10.0 Å². The van der Waals surface area contributed by atoms with Gasteiger partial charge in [0.1, 0.15) is 10.7 Å². The monoisotopic (exact) mass is 362 g/mol. The van der Waals surface area contributed by atoms with Gasteiger partial charge in [0.25, 0.3) is 5.91 Å². The SMILES string of the molecule is Cc1ccccc1NC(=O)c1ccc(F)c(S(=O)(=O)N2CCCC2)c1. The molecule has 0 saturated carbocycles. The summed E-state index contributed by atoms with van der Waals surface area (Å²) >= 11 is 0. The molecule has 0 aromatic heterocycles. The quantitative estimate of drug-likeness (QED) is 0.908. The summed E-state index contributed by atoms with van der Waals surface area (Å²) in [5.74, 6) is -1.33. The fraction of sp³-hybridized carbons (Fsp3) is 0.278. The van der Waals surface area contributed by atoms with Gasteiger partial charge in [-0.25, -0.2) is 12.8 Å². The molecule has 0 bridgehead atoms. The van der Waals surface area contributed by atoms with Gasteiger partial charge < -0.3 is 5.32 Å². The second-order valence-corrected chi connectivity index (χ2v) is 7.93. The Kier molecular flexibility index (Phi) is 4.87. The van der Waals surface area contributed by atoms with Crippen LogP contribution in [0.5, 0.6) is 0 Å². The third kappa shape index (κ3) is 3.57. The number of sulfonamides is 1. The zero-order chi connectivity index (χ0) is 18.0. The molecule has 1 N–H and O–H groups in total. The summed E-state index contributed by atoms with van der Waals surface area (Å²) in [6, 6.07) is 10.7. The van der Waals surface area contributed by atoms with Crippen LogP contribution in [0.3, 0.4) is 0 Å². The predicted octanol–water partition coefficient (Wildman–Crippen LogP) is 3.17. The molecule has 7 heteroatoms. The van der Waals surface area contributed by atoms with Crippen molar-refractivity contribution in [2.75, 3.05) is 18.4 Å². The maximum absolute atomic E-state index is 14.1. The molecule has 5 nitrogen and oxygen atoms in total. The zero-order valence-corrected chi connectivity index (χ0v) is 14.6. The number of nitrogens with zero attached hydrogens (tertiary/aromatic N) is 1. The van der Waals surface area contributed by atoms with E-state index in [1.807, 2.05) is 19.1 Å². The first-order valence-electron chi connectivity index (χ1n) is 8.06. The number of para-hydroxylation sites is 1. The highest BCUT2D eigenvalue weighted by Crippen LogP contribution is 2.25. The maximum atomic E-state index is 14.1. The first kappa shape index (κ1) is 17.6. The molecule has 3 rings (SSSR count). The third-order valence-corrected chi connectivity index (χ3v) is 6.18. The van der Waals surface area contributed by atoms with Crippen molar-refractivity contribution in [2.24, 2.45) is 0 Å². The first-order valence-corrected chi connectivity index (χ1v) is 9.50. The van der Waals surface area contributed by atoms with Gasteiger partial charge >= 0.3 is 0 Å². The fourth-order valence-electron chi connectivity index (χ4n) is 2.82. The lowest BCUT2D eigenvalue weighted by Crippen LogP contribution is -2.29. The van der Waals surface area contributed by atoms with Gasteiger partial charge in [-0.1, -0.05) is 18.2 Å². The molecule has 1 fully saturated rings. The van der Waals surface area contributed by atoms with Crippen molar-refractivity contribution in [1.29, 1.82) is 0 Å². The van der Waals surface area contributed by atoms with Gasteiger partial charge in [-0.2, -0.15) is 4.31 Å². The number of hydrogen-bond acceptors (Lipinski definition) is 3. The summed E-state index contributed by atoms with van der Waals surface area (Å²) in [6.45, 7) is 2.60. The number of amides is 1. The van der Waals surface area contributed by atoms with Crippen LogP contribution in [0.2, 0.25) is 0 Å². The van der Waals surface area contributed by atoms with Crippen molar-refractivity contribution in [3.63, 3.8) is 0 Å². The lowest BCUT2D eigenvalue weighted by molar-refractivity contribution is 0.102. The second-order valence-electron chi connectivity index (χ2n) is 6.03. The lowest BCUT2D eigenvalue weighted by Gasteiger charge is -2.16. The molecule has 132 valence electrons. The topological polar surface area (TPSA) is 66.5 Å². The number of hydrogen-bond donors (Lipinski definition) is 1. The molecule has 1 amide bonds. The largest absolute Gasteiger partial charge is 0.322 e. The van der Waals surface area contributed by atoms with E-state index in [4.69, 9.17) is 0 Å². The average molecular weight is 362 g/mol. The Balaban J connectivity index is 1.91. The van der Waals surface area contributed by atoms with Gasteiger partial charge in [0.05, 0.1) is 0 Å². The Hall–Kier alpha value is -2.25. The number of aryl methyl sites for hydroxylation is 1. The van der Waals surface area contributed by atoms with E-state index in [9.17, 15) is 17.6 Å². The molecule has 2 aromatic carbocycles. The Morgan fingerprint density at radius 3 is 2.48 bits per heavy atom. The van der Waals surface area contributed by atoms with Gasteiger partial charge in [-0.3, -0.25) is 4.79 Å². The summed E-state index contributed by atoms with van der Waals surface area (Å²) < 4.78 is 40.6. The van der Waals surface area contributed by atoms with Crippen LogP contribution in [-0.4, -0.2) is 31.7 Å². The van der Waals surface area contributed by atoms with Crippen LogP contribution in [0.15, 0.2) is 47.4 Å². The maximum Gasteiger partial charge on any atom is 0.255 e. The van der Waals surface area contributed by atoms with Crippen molar-refractivity contribution in [1.82, 2.24) is 4.31 Å². The Morgan fingerprint density at radius 2 is 1.80 bits per heavy atom. The highest BCUT2D eigenvalue weighted by molar-refractivity contribution is 7.89. The molecule has 0 radical (unpaired) electrons. The van der Waals surface area contributed by atoms with Gasteiger partial charge in [0.15, 0.2) is 0 Å². The van der Waals surface area contributed by atoms with Gasteiger partial charge in [0, 0.05) is 24.3 Å². The van der Waals surface area contributed by atoms with Crippen LogP contribution in [0.4, 0.5) is 10.1 Å². The van der Waals surface area contributed by atoms with Crippen LogP contribution in [0, 0.1) is 12.7 Å². The minimum atomic E-state index is -3.93. The molecule has 1 saturated heterocycles. The average Bonchev–Trinajstić information content (AvgIpc) is 3.12. The molecule has 0 atom stereocenters. The molecule has 0 spiro atoms. The molecule has 1 heterocycles. The van der Waals surface area contributed by atoms with E-state index in [1.54, 1.807) is 12.1 Å². The summed E-state index contributed by atoms with van der Waals surface area (Å²) in [5.41, 5.74) is 1.60. The minimum Gasteiger partial charge on any atom is -0.322 e. The van der Waals surface area contributed by atoms with Crippen LogP contribution >= 0.6 is 0 Å². The first-order chi connectivity index (χ1) is 11.9. The van der Waals surface area contributed by atoms with Gasteiger partial charge in [-0.05, 0) is 49.6 Å². The van der Waals surface area contributed by atoms with Crippen molar-refractivity contribution in [2.45, 2.75) is 24.7 Å². The van der Waals surface area contributed by atoms with Crippen molar-refractivity contribution < 1.29 is 17.6 Å². The van der Waals surface area contributed by atoms with Crippen molar-refractivity contribution in [3.05, 3.63) is 59.4 Å². The summed E-state index contributed by atoms with van der Waals surface area (Å²) in [5, 5.41) is 2.72. The summed E-state index contributed by atoms with van der Waals surface area (Å²) in [4.78, 5) is 12.0. The second kappa shape index (κ2) is 6.93. The summed E-state index contributed by atoms with van der Waals surface area (Å²) in [7, 11) is -3.93.